The first-order valence-corrected chi connectivity index (χ1v) is 12.3. The first-order valence-electron chi connectivity index (χ1n) is 12.3. The van der Waals surface area contributed by atoms with Crippen LogP contribution in [0.5, 0.6) is 5.75 Å². The summed E-state index contributed by atoms with van der Waals surface area (Å²) in [4.78, 5) is 40.5. The minimum Gasteiger partial charge on any atom is -0.508 e. The zero-order chi connectivity index (χ0) is 28.6. The minimum atomic E-state index is -2.72. The molecular weight excluding hydrogens is 494 g/mol. The smallest absolute Gasteiger partial charge is 0.255 e. The van der Waals surface area contributed by atoms with Gasteiger partial charge in [0.05, 0.1) is 16.7 Å². The van der Waals surface area contributed by atoms with Crippen molar-refractivity contribution in [3.63, 3.8) is 0 Å². The van der Waals surface area contributed by atoms with Gasteiger partial charge in [0.25, 0.3) is 5.91 Å². The molecule has 1 saturated carbocycles. The van der Waals surface area contributed by atoms with Gasteiger partial charge in [-0.1, -0.05) is 6.92 Å². The molecule has 10 N–H and O–H groups in total. The molecule has 4 rings (SSSR count). The van der Waals surface area contributed by atoms with E-state index in [1.807, 2.05) is 13.8 Å². The first-order chi connectivity index (χ1) is 17.5. The molecule has 0 spiro atoms. The summed E-state index contributed by atoms with van der Waals surface area (Å²) in [6, 6.07) is 1.67. The Kier molecular flexibility index (Phi) is 6.39. The predicted octanol–water partition coefficient (Wildman–Crippen LogP) is -0.0987. The number of aliphatic hydroxyl groups excluding tert-OH is 2. The number of primary amides is 1. The van der Waals surface area contributed by atoms with E-state index in [0.717, 1.165) is 0 Å². The molecule has 0 bridgehead atoms. The van der Waals surface area contributed by atoms with Crippen molar-refractivity contribution in [1.82, 2.24) is 5.01 Å². The van der Waals surface area contributed by atoms with Crippen LogP contribution in [-0.4, -0.2) is 74.2 Å². The number of amides is 1. The highest BCUT2D eigenvalue weighted by Crippen LogP contribution is 2.55. The molecule has 38 heavy (non-hydrogen) atoms. The van der Waals surface area contributed by atoms with E-state index in [0.29, 0.717) is 16.8 Å². The van der Waals surface area contributed by atoms with Crippen LogP contribution in [0.25, 0.3) is 5.76 Å². The molecule has 0 radical (unpaired) electrons. The lowest BCUT2D eigenvalue weighted by Crippen LogP contribution is -2.67. The van der Waals surface area contributed by atoms with Gasteiger partial charge in [0, 0.05) is 49.8 Å². The van der Waals surface area contributed by atoms with Crippen molar-refractivity contribution in [3.05, 3.63) is 39.7 Å². The first kappa shape index (κ1) is 27.6. The number of rotatable bonds is 5. The molecule has 0 heterocycles. The Morgan fingerprint density at radius 1 is 1.21 bits per heavy atom. The van der Waals surface area contributed by atoms with Crippen LogP contribution >= 0.6 is 0 Å². The molecule has 3 aliphatic rings. The van der Waals surface area contributed by atoms with E-state index >= 15 is 0 Å². The standard InChI is InChI=1S/C26H35N5O7/c1-10(2)31(29)9-12-6-15(30(4)5)13-7-25(28)8-14-11(3)19(32)17(24(27)37)22(35)26(14,38)23(36)18(25)21(34)16(13)20(12)33/h6,10-11,14,33-35,38H,7-9,28-29H2,1-5H3,(H2,27,37)/t11?,14-,25+,26+/m0/s1. The molecular formula is C26H35N5O7. The molecule has 0 saturated heterocycles. The SMILES string of the molecule is CC1C(=O)C(C(N)=O)=C(O)[C@@]2(O)C(=O)C3=C(O)c4c(O)c(CN(N)C(C)C)cc(N(C)C)c4C[C@@]3(N)C[C@@H]12. The van der Waals surface area contributed by atoms with E-state index in [2.05, 4.69) is 0 Å². The van der Waals surface area contributed by atoms with Crippen molar-refractivity contribution in [3.8, 4) is 5.75 Å². The molecule has 0 aromatic heterocycles. The number of hydrazine groups is 1. The van der Waals surface area contributed by atoms with Gasteiger partial charge in [0.1, 0.15) is 22.8 Å². The van der Waals surface area contributed by atoms with Gasteiger partial charge in [-0.25, -0.2) is 5.01 Å². The maximum Gasteiger partial charge on any atom is 0.255 e. The van der Waals surface area contributed by atoms with Crippen LogP contribution in [0.4, 0.5) is 5.69 Å². The summed E-state index contributed by atoms with van der Waals surface area (Å²) < 4.78 is 0. The zero-order valence-electron chi connectivity index (χ0n) is 22.1. The van der Waals surface area contributed by atoms with Gasteiger partial charge in [-0.05, 0) is 38.3 Å². The normalized spacial score (nSPS) is 29.0. The number of phenolic OH excluding ortho intramolecular Hbond substituents is 1. The van der Waals surface area contributed by atoms with Gasteiger partial charge in [-0.3, -0.25) is 20.2 Å². The maximum absolute atomic E-state index is 13.9. The number of fused-ring (bicyclic) bond motifs is 3. The largest absolute Gasteiger partial charge is 0.508 e. The van der Waals surface area contributed by atoms with Gasteiger partial charge in [-0.2, -0.15) is 0 Å². The molecule has 1 unspecified atom stereocenters. The summed E-state index contributed by atoms with van der Waals surface area (Å²) in [6.45, 7) is 5.29. The Balaban J connectivity index is 2.00. The van der Waals surface area contributed by atoms with Crippen LogP contribution in [0.2, 0.25) is 0 Å². The Hall–Kier alpha value is -3.45. The van der Waals surface area contributed by atoms with Crippen molar-refractivity contribution in [1.29, 1.82) is 0 Å². The maximum atomic E-state index is 13.9. The molecule has 0 aliphatic heterocycles. The molecule has 1 aromatic rings. The minimum absolute atomic E-state index is 0.0218. The Labute approximate surface area is 220 Å². The summed E-state index contributed by atoms with van der Waals surface area (Å²) in [7, 11) is 3.55. The number of carbonyl (C=O) groups excluding carboxylic acids is 3. The van der Waals surface area contributed by atoms with Crippen molar-refractivity contribution in [2.75, 3.05) is 19.0 Å². The fourth-order valence-electron chi connectivity index (χ4n) is 6.03. The van der Waals surface area contributed by atoms with E-state index in [-0.39, 0.29) is 36.7 Å². The number of carbonyl (C=O) groups is 3. The number of ketones is 2. The molecule has 1 fully saturated rings. The lowest BCUT2D eigenvalue weighted by molar-refractivity contribution is -0.153. The van der Waals surface area contributed by atoms with Crippen LogP contribution in [0.15, 0.2) is 23.0 Å². The number of anilines is 1. The number of nitrogens with zero attached hydrogens (tertiary/aromatic N) is 2. The monoisotopic (exact) mass is 529 g/mol. The highest BCUT2D eigenvalue weighted by atomic mass is 16.3. The topological polar surface area (TPSA) is 217 Å². The lowest BCUT2D eigenvalue weighted by atomic mass is 9.54. The number of hydrogen-bond acceptors (Lipinski definition) is 11. The fourth-order valence-corrected chi connectivity index (χ4v) is 6.03. The third-order valence-electron chi connectivity index (χ3n) is 8.23. The van der Waals surface area contributed by atoms with Crippen LogP contribution in [0.3, 0.4) is 0 Å². The van der Waals surface area contributed by atoms with Gasteiger partial charge in [0.15, 0.2) is 11.4 Å². The number of benzene rings is 1. The molecule has 206 valence electrons. The van der Waals surface area contributed by atoms with Crippen LogP contribution in [0, 0.1) is 11.8 Å². The van der Waals surface area contributed by atoms with Crippen LogP contribution in [-0.2, 0) is 27.3 Å². The van der Waals surface area contributed by atoms with Crippen LogP contribution < -0.4 is 22.2 Å². The molecule has 3 aliphatic carbocycles. The summed E-state index contributed by atoms with van der Waals surface area (Å²) in [5.41, 5.74) is 7.97. The zero-order valence-corrected chi connectivity index (χ0v) is 22.1. The van der Waals surface area contributed by atoms with Gasteiger partial charge in [-0.15, -0.1) is 0 Å². The second-order valence-electron chi connectivity index (χ2n) is 11.1. The van der Waals surface area contributed by atoms with E-state index in [9.17, 15) is 34.8 Å². The van der Waals surface area contributed by atoms with E-state index < -0.39 is 63.1 Å². The van der Waals surface area contributed by atoms with Crippen LogP contribution in [0.1, 0.15) is 43.9 Å². The molecule has 1 amide bonds. The lowest BCUT2D eigenvalue weighted by Gasteiger charge is -2.52. The van der Waals surface area contributed by atoms with E-state index in [4.69, 9.17) is 17.3 Å². The molecule has 12 nitrogen and oxygen atoms in total. The van der Waals surface area contributed by atoms with Gasteiger partial charge < -0.3 is 36.8 Å². The van der Waals surface area contributed by atoms with Crippen molar-refractivity contribution in [2.45, 2.75) is 57.3 Å². The average Bonchev–Trinajstić information content (AvgIpc) is 2.80. The second-order valence-corrected chi connectivity index (χ2v) is 11.1. The van der Waals surface area contributed by atoms with E-state index in [1.165, 1.54) is 11.9 Å². The Morgan fingerprint density at radius 3 is 2.34 bits per heavy atom. The second kappa shape index (κ2) is 8.80. The number of phenols is 1. The highest BCUT2D eigenvalue weighted by Gasteiger charge is 2.65. The number of nitrogens with two attached hydrogens (primary N) is 3. The summed E-state index contributed by atoms with van der Waals surface area (Å²) in [6.07, 6.45) is -0.206. The molecule has 4 atom stereocenters. The number of Topliss-reactive ketones (excluding diaryl/α,β-unsaturated/α-hetero) is 2. The van der Waals surface area contributed by atoms with Crippen molar-refractivity contribution in [2.24, 2.45) is 29.1 Å². The van der Waals surface area contributed by atoms with Gasteiger partial charge >= 0.3 is 0 Å². The number of aliphatic hydroxyl groups is 3. The average molecular weight is 530 g/mol. The summed E-state index contributed by atoms with van der Waals surface area (Å²) >= 11 is 0. The highest BCUT2D eigenvalue weighted by molar-refractivity contribution is 6.23. The fraction of sp³-hybridized carbons (Fsp3) is 0.500. The third-order valence-corrected chi connectivity index (χ3v) is 8.23. The van der Waals surface area contributed by atoms with Crippen molar-refractivity contribution >= 4 is 28.9 Å². The van der Waals surface area contributed by atoms with Gasteiger partial charge in [0.2, 0.25) is 5.78 Å². The van der Waals surface area contributed by atoms with E-state index in [1.54, 1.807) is 25.1 Å². The third kappa shape index (κ3) is 3.62. The summed E-state index contributed by atoms with van der Waals surface area (Å²) in [5, 5.41) is 46.7. The predicted molar refractivity (Wildman–Crippen MR) is 139 cm³/mol. The quantitative estimate of drug-likeness (QED) is 0.152. The Bertz CT molecular complexity index is 1330. The number of hydrogen-bond donors (Lipinski definition) is 7. The summed E-state index contributed by atoms with van der Waals surface area (Å²) in [5.74, 6) is -1.54. The number of aromatic hydroxyl groups is 1. The molecule has 1 aromatic carbocycles. The van der Waals surface area contributed by atoms with Crippen molar-refractivity contribution < 1.29 is 34.8 Å². The Morgan fingerprint density at radius 2 is 1.82 bits per heavy atom. The molecule has 12 heteroatoms.